The molecule has 5 nitrogen and oxygen atoms in total. The molecule has 0 aliphatic carbocycles. The van der Waals surface area contributed by atoms with Crippen molar-refractivity contribution in [2.24, 2.45) is 5.92 Å². The Morgan fingerprint density at radius 1 is 1.42 bits per heavy atom. The smallest absolute Gasteiger partial charge is 0.248 e. The average molecular weight is 258 g/mol. The second kappa shape index (κ2) is 6.13. The van der Waals surface area contributed by atoms with Crippen molar-refractivity contribution in [2.75, 3.05) is 5.32 Å². The van der Waals surface area contributed by atoms with Crippen LogP contribution in [0.2, 0.25) is 0 Å². The summed E-state index contributed by atoms with van der Waals surface area (Å²) in [6.07, 6.45) is 5.74. The van der Waals surface area contributed by atoms with Crippen LogP contribution in [0, 0.1) is 5.92 Å². The van der Waals surface area contributed by atoms with Crippen molar-refractivity contribution in [3.63, 3.8) is 0 Å². The average Bonchev–Trinajstić information content (AvgIpc) is 2.84. The van der Waals surface area contributed by atoms with Crippen LogP contribution in [0.3, 0.4) is 0 Å². The first-order valence-electron chi connectivity index (χ1n) is 6.48. The molecule has 2 N–H and O–H groups in total. The predicted molar refractivity (Wildman–Crippen MR) is 75.7 cm³/mol. The van der Waals surface area contributed by atoms with E-state index in [9.17, 15) is 4.79 Å². The molecule has 100 valence electrons. The highest BCUT2D eigenvalue weighted by molar-refractivity contribution is 6.00. The first kappa shape index (κ1) is 13.3. The number of allylic oxidation sites excluding steroid dienone is 1. The number of aromatic nitrogens is 3. The highest BCUT2D eigenvalue weighted by atomic mass is 16.1. The van der Waals surface area contributed by atoms with Gasteiger partial charge in [0, 0.05) is 5.69 Å². The van der Waals surface area contributed by atoms with Crippen LogP contribution in [0.4, 0.5) is 5.69 Å². The Morgan fingerprint density at radius 3 is 3.00 bits per heavy atom. The van der Waals surface area contributed by atoms with Crippen LogP contribution >= 0.6 is 0 Å². The molecule has 0 aliphatic heterocycles. The zero-order chi connectivity index (χ0) is 13.7. The second-order valence-electron chi connectivity index (χ2n) is 4.64. The van der Waals surface area contributed by atoms with E-state index in [0.29, 0.717) is 5.92 Å². The number of aromatic amines is 1. The van der Waals surface area contributed by atoms with E-state index in [1.807, 2.05) is 18.2 Å². The van der Waals surface area contributed by atoms with Crippen LogP contribution in [-0.2, 0) is 4.79 Å². The van der Waals surface area contributed by atoms with Crippen molar-refractivity contribution in [3.05, 3.63) is 30.4 Å². The molecule has 1 aromatic carbocycles. The monoisotopic (exact) mass is 258 g/mol. The van der Waals surface area contributed by atoms with Gasteiger partial charge in [0.15, 0.2) is 0 Å². The van der Waals surface area contributed by atoms with E-state index in [0.717, 1.165) is 29.6 Å². The standard InChI is InChI=1S/C14H18N4O/c1-3-4-10(2)5-8-14(19)15-11-6-7-12-13(9-11)17-18-16-12/h5-10H,3-4H2,1-2H3,(H,15,19)(H,16,17,18)/b8-5+/t10-/m0/s1. The summed E-state index contributed by atoms with van der Waals surface area (Å²) in [6, 6.07) is 5.42. The molecule has 1 aromatic heterocycles. The molecule has 2 aromatic rings. The topological polar surface area (TPSA) is 70.7 Å². The van der Waals surface area contributed by atoms with Gasteiger partial charge in [0.1, 0.15) is 11.0 Å². The quantitative estimate of drug-likeness (QED) is 0.810. The SMILES string of the molecule is CCC[C@H](C)/C=C/C(=O)Nc1ccc2n[nH]nc2c1. The molecule has 0 radical (unpaired) electrons. The fourth-order valence-corrected chi connectivity index (χ4v) is 1.91. The largest absolute Gasteiger partial charge is 0.322 e. The molecule has 0 saturated carbocycles. The molecule has 0 saturated heterocycles. The summed E-state index contributed by atoms with van der Waals surface area (Å²) in [6.45, 7) is 4.24. The molecule has 1 atom stereocenters. The van der Waals surface area contributed by atoms with E-state index in [1.165, 1.54) is 0 Å². The Bertz CT molecular complexity index is 588. The lowest BCUT2D eigenvalue weighted by Gasteiger charge is -2.04. The first-order valence-corrected chi connectivity index (χ1v) is 6.48. The summed E-state index contributed by atoms with van der Waals surface area (Å²) in [4.78, 5) is 11.8. The number of amides is 1. The number of benzene rings is 1. The van der Waals surface area contributed by atoms with E-state index in [1.54, 1.807) is 12.1 Å². The third-order valence-corrected chi connectivity index (χ3v) is 2.90. The number of H-pyrrole nitrogens is 1. The van der Waals surface area contributed by atoms with Crippen molar-refractivity contribution in [1.29, 1.82) is 0 Å². The van der Waals surface area contributed by atoms with Gasteiger partial charge in [-0.3, -0.25) is 4.79 Å². The van der Waals surface area contributed by atoms with Gasteiger partial charge in [0.25, 0.3) is 0 Å². The van der Waals surface area contributed by atoms with Crippen molar-refractivity contribution < 1.29 is 4.79 Å². The van der Waals surface area contributed by atoms with Crippen LogP contribution in [-0.4, -0.2) is 21.3 Å². The van der Waals surface area contributed by atoms with Crippen LogP contribution in [0.5, 0.6) is 0 Å². The zero-order valence-electron chi connectivity index (χ0n) is 11.2. The highest BCUT2D eigenvalue weighted by Crippen LogP contribution is 2.15. The summed E-state index contributed by atoms with van der Waals surface area (Å²) in [5, 5.41) is 13.3. The molecule has 0 aliphatic rings. The predicted octanol–water partition coefficient (Wildman–Crippen LogP) is 2.89. The lowest BCUT2D eigenvalue weighted by atomic mass is 10.1. The van der Waals surface area contributed by atoms with Crippen molar-refractivity contribution in [2.45, 2.75) is 26.7 Å². The summed E-state index contributed by atoms with van der Waals surface area (Å²) in [7, 11) is 0. The minimum atomic E-state index is -0.120. The minimum absolute atomic E-state index is 0.120. The van der Waals surface area contributed by atoms with Crippen molar-refractivity contribution in [1.82, 2.24) is 15.4 Å². The maximum Gasteiger partial charge on any atom is 0.248 e. The minimum Gasteiger partial charge on any atom is -0.322 e. The number of hydrogen-bond donors (Lipinski definition) is 2. The van der Waals surface area contributed by atoms with Crippen molar-refractivity contribution >= 4 is 22.6 Å². The van der Waals surface area contributed by atoms with Gasteiger partial charge < -0.3 is 5.32 Å². The van der Waals surface area contributed by atoms with E-state index >= 15 is 0 Å². The number of nitrogens with one attached hydrogen (secondary N) is 2. The fraction of sp³-hybridized carbons (Fsp3) is 0.357. The van der Waals surface area contributed by atoms with Crippen molar-refractivity contribution in [3.8, 4) is 0 Å². The lowest BCUT2D eigenvalue weighted by molar-refractivity contribution is -0.111. The number of carbonyl (C=O) groups excluding carboxylic acids is 1. The molecular formula is C14H18N4O. The Morgan fingerprint density at radius 2 is 2.21 bits per heavy atom. The fourth-order valence-electron chi connectivity index (χ4n) is 1.91. The van der Waals surface area contributed by atoms with E-state index in [2.05, 4.69) is 34.6 Å². The summed E-state index contributed by atoms with van der Waals surface area (Å²) >= 11 is 0. The molecule has 0 bridgehead atoms. The number of fused-ring (bicyclic) bond motifs is 1. The molecule has 1 heterocycles. The van der Waals surface area contributed by atoms with Gasteiger partial charge in [0.05, 0.1) is 0 Å². The van der Waals surface area contributed by atoms with Gasteiger partial charge in [0.2, 0.25) is 5.91 Å². The maximum absolute atomic E-state index is 11.8. The van der Waals surface area contributed by atoms with Gasteiger partial charge in [-0.05, 0) is 36.6 Å². The molecule has 0 unspecified atom stereocenters. The highest BCUT2D eigenvalue weighted by Gasteiger charge is 2.02. The molecular weight excluding hydrogens is 240 g/mol. The van der Waals surface area contributed by atoms with E-state index < -0.39 is 0 Å². The number of nitrogens with zero attached hydrogens (tertiary/aromatic N) is 2. The van der Waals surface area contributed by atoms with E-state index in [4.69, 9.17) is 0 Å². The lowest BCUT2D eigenvalue weighted by Crippen LogP contribution is -2.08. The van der Waals surface area contributed by atoms with Gasteiger partial charge in [-0.15, -0.1) is 0 Å². The molecule has 1 amide bonds. The van der Waals surface area contributed by atoms with Crippen LogP contribution in [0.1, 0.15) is 26.7 Å². The Labute approximate surface area is 112 Å². The number of anilines is 1. The normalized spacial score (nSPS) is 12.9. The molecule has 19 heavy (non-hydrogen) atoms. The molecule has 0 fully saturated rings. The first-order chi connectivity index (χ1) is 9.19. The molecule has 0 spiro atoms. The van der Waals surface area contributed by atoms with Gasteiger partial charge >= 0.3 is 0 Å². The third kappa shape index (κ3) is 3.64. The molecule has 2 rings (SSSR count). The Kier molecular flexibility index (Phi) is 4.28. The summed E-state index contributed by atoms with van der Waals surface area (Å²) in [5.41, 5.74) is 2.24. The van der Waals surface area contributed by atoms with Crippen LogP contribution < -0.4 is 5.32 Å². The Hall–Kier alpha value is -2.17. The van der Waals surface area contributed by atoms with Crippen LogP contribution in [0.25, 0.3) is 11.0 Å². The number of hydrogen-bond acceptors (Lipinski definition) is 3. The van der Waals surface area contributed by atoms with Gasteiger partial charge in [-0.2, -0.15) is 15.4 Å². The van der Waals surface area contributed by atoms with Crippen LogP contribution in [0.15, 0.2) is 30.4 Å². The summed E-state index contributed by atoms with van der Waals surface area (Å²) < 4.78 is 0. The Balaban J connectivity index is 1.98. The zero-order valence-corrected chi connectivity index (χ0v) is 11.2. The molecule has 5 heteroatoms. The maximum atomic E-state index is 11.8. The third-order valence-electron chi connectivity index (χ3n) is 2.90. The van der Waals surface area contributed by atoms with Gasteiger partial charge in [-0.1, -0.05) is 26.3 Å². The second-order valence-corrected chi connectivity index (χ2v) is 4.64. The van der Waals surface area contributed by atoms with E-state index in [-0.39, 0.29) is 5.91 Å². The van der Waals surface area contributed by atoms with Gasteiger partial charge in [-0.25, -0.2) is 0 Å². The number of rotatable bonds is 5. The summed E-state index contributed by atoms with van der Waals surface area (Å²) in [5.74, 6) is 0.305. The number of carbonyl (C=O) groups is 1.